The average Bonchev–Trinajstić information content (AvgIpc) is 2.36. The zero-order valence-electron chi connectivity index (χ0n) is 11.4. The molecule has 3 nitrogen and oxygen atoms in total. The highest BCUT2D eigenvalue weighted by atomic mass is 35.5. The van der Waals surface area contributed by atoms with E-state index in [1.807, 2.05) is 32.9 Å². The number of ether oxygens (including phenoxy) is 1. The number of amides is 1. The quantitative estimate of drug-likeness (QED) is 0.842. The fraction of sp³-hybridized carbons (Fsp3) is 0.400. The summed E-state index contributed by atoms with van der Waals surface area (Å²) in [4.78, 5) is 11.5. The van der Waals surface area contributed by atoms with Gasteiger partial charge in [-0.1, -0.05) is 31.4 Å². The highest BCUT2D eigenvalue weighted by Gasteiger charge is 2.12. The van der Waals surface area contributed by atoms with Crippen LogP contribution in [0.3, 0.4) is 0 Å². The molecule has 19 heavy (non-hydrogen) atoms. The van der Waals surface area contributed by atoms with Gasteiger partial charge in [-0.05, 0) is 36.1 Å². The first-order chi connectivity index (χ1) is 8.95. The second-order valence-corrected chi connectivity index (χ2v) is 4.97. The Kier molecular flexibility index (Phi) is 5.72. The molecule has 0 aliphatic carbocycles. The van der Waals surface area contributed by atoms with Crippen molar-refractivity contribution in [3.63, 3.8) is 0 Å². The third-order valence-electron chi connectivity index (χ3n) is 2.66. The average molecular weight is 280 g/mol. The van der Waals surface area contributed by atoms with Gasteiger partial charge in [0, 0.05) is 5.02 Å². The molecule has 4 heteroatoms. The number of carbonyl (C=O) groups excluding carboxylic acids is 1. The first-order valence-corrected chi connectivity index (χ1v) is 6.46. The molecule has 0 heterocycles. The lowest BCUT2D eigenvalue weighted by atomic mass is 10.0. The minimum absolute atomic E-state index is 0.0531. The maximum absolute atomic E-state index is 11.5. The molecular formula is C15H18ClNO2. The topological polar surface area (TPSA) is 38.3 Å². The van der Waals surface area contributed by atoms with Crippen LogP contribution in [0.1, 0.15) is 30.9 Å². The van der Waals surface area contributed by atoms with Crippen LogP contribution in [0.15, 0.2) is 12.1 Å². The number of aryl methyl sites for hydroxylation is 1. The van der Waals surface area contributed by atoms with E-state index >= 15 is 0 Å². The number of nitrogens with one attached hydrogen (secondary N) is 1. The summed E-state index contributed by atoms with van der Waals surface area (Å²) in [6.45, 7) is 6.15. The van der Waals surface area contributed by atoms with Crippen molar-refractivity contribution in [3.05, 3.63) is 28.3 Å². The summed E-state index contributed by atoms with van der Waals surface area (Å²) < 4.78 is 5.55. The molecule has 1 aromatic rings. The minimum atomic E-state index is -0.236. The molecular weight excluding hydrogens is 262 g/mol. The lowest BCUT2D eigenvalue weighted by Gasteiger charge is -2.15. The lowest BCUT2D eigenvalue weighted by Crippen LogP contribution is -2.29. The van der Waals surface area contributed by atoms with Gasteiger partial charge in [-0.25, -0.2) is 0 Å². The van der Waals surface area contributed by atoms with E-state index in [4.69, 9.17) is 22.8 Å². The Balaban J connectivity index is 2.80. The smallest absolute Gasteiger partial charge is 0.258 e. The summed E-state index contributed by atoms with van der Waals surface area (Å²) >= 11 is 6.10. The van der Waals surface area contributed by atoms with Crippen molar-refractivity contribution < 1.29 is 9.53 Å². The predicted molar refractivity (Wildman–Crippen MR) is 77.6 cm³/mol. The van der Waals surface area contributed by atoms with Gasteiger partial charge in [0.1, 0.15) is 5.75 Å². The predicted octanol–water partition coefficient (Wildman–Crippen LogP) is 2.90. The molecule has 0 spiro atoms. The van der Waals surface area contributed by atoms with E-state index in [0.717, 1.165) is 11.1 Å². The van der Waals surface area contributed by atoms with Gasteiger partial charge >= 0.3 is 0 Å². The van der Waals surface area contributed by atoms with Crippen LogP contribution < -0.4 is 10.1 Å². The number of hydrogen-bond acceptors (Lipinski definition) is 2. The van der Waals surface area contributed by atoms with E-state index < -0.39 is 0 Å². The van der Waals surface area contributed by atoms with Crippen LogP contribution >= 0.6 is 11.6 Å². The monoisotopic (exact) mass is 279 g/mol. The molecule has 0 radical (unpaired) electrons. The van der Waals surface area contributed by atoms with Gasteiger partial charge in [0.25, 0.3) is 5.91 Å². The molecule has 1 amide bonds. The fourth-order valence-corrected chi connectivity index (χ4v) is 1.76. The van der Waals surface area contributed by atoms with Crippen molar-refractivity contribution in [1.82, 2.24) is 5.32 Å². The molecule has 1 N–H and O–H groups in total. The highest BCUT2D eigenvalue weighted by Crippen LogP contribution is 2.31. The summed E-state index contributed by atoms with van der Waals surface area (Å²) in [7, 11) is 0. The van der Waals surface area contributed by atoms with Gasteiger partial charge in [0.15, 0.2) is 6.61 Å². The number of benzene rings is 1. The third-order valence-corrected chi connectivity index (χ3v) is 3.07. The van der Waals surface area contributed by atoms with Gasteiger partial charge in [-0.3, -0.25) is 4.79 Å². The molecule has 0 saturated heterocycles. The SMILES string of the molecule is C#CCNC(=O)COc1cc(C)c(Cl)cc1C(C)C. The Bertz CT molecular complexity index is 504. The zero-order chi connectivity index (χ0) is 14.4. The van der Waals surface area contributed by atoms with Crippen LogP contribution in [0.2, 0.25) is 5.02 Å². The second-order valence-electron chi connectivity index (χ2n) is 4.56. The van der Waals surface area contributed by atoms with E-state index in [2.05, 4.69) is 11.2 Å². The lowest BCUT2D eigenvalue weighted by molar-refractivity contribution is -0.122. The Hall–Kier alpha value is -1.66. The molecule has 0 bridgehead atoms. The van der Waals surface area contributed by atoms with Crippen LogP contribution in [0.4, 0.5) is 0 Å². The standard InChI is InChI=1S/C15H18ClNO2/c1-5-6-17-15(18)9-19-14-7-11(4)13(16)8-12(14)10(2)3/h1,7-8,10H,6,9H2,2-4H3,(H,17,18). The second kappa shape index (κ2) is 7.06. The molecule has 0 fully saturated rings. The first kappa shape index (κ1) is 15.4. The summed E-state index contributed by atoms with van der Waals surface area (Å²) in [6.07, 6.45) is 5.06. The van der Waals surface area contributed by atoms with E-state index in [1.54, 1.807) is 0 Å². The van der Waals surface area contributed by atoms with E-state index in [9.17, 15) is 4.79 Å². The van der Waals surface area contributed by atoms with Crippen molar-refractivity contribution >= 4 is 17.5 Å². The van der Waals surface area contributed by atoms with Crippen LogP contribution in [0.25, 0.3) is 0 Å². The molecule has 1 rings (SSSR count). The fourth-order valence-electron chi connectivity index (χ4n) is 1.59. The largest absolute Gasteiger partial charge is 0.483 e. The summed E-state index contributed by atoms with van der Waals surface area (Å²) in [5, 5.41) is 3.25. The maximum atomic E-state index is 11.5. The van der Waals surface area contributed by atoms with Crippen molar-refractivity contribution in [1.29, 1.82) is 0 Å². The van der Waals surface area contributed by atoms with E-state index in [0.29, 0.717) is 10.8 Å². The van der Waals surface area contributed by atoms with E-state index in [1.165, 1.54) is 0 Å². The highest BCUT2D eigenvalue weighted by molar-refractivity contribution is 6.31. The first-order valence-electron chi connectivity index (χ1n) is 6.08. The van der Waals surface area contributed by atoms with Crippen molar-refractivity contribution in [2.45, 2.75) is 26.7 Å². The summed E-state index contributed by atoms with van der Waals surface area (Å²) in [6, 6.07) is 3.74. The summed E-state index contributed by atoms with van der Waals surface area (Å²) in [5.74, 6) is 3.06. The maximum Gasteiger partial charge on any atom is 0.258 e. The molecule has 0 aromatic heterocycles. The van der Waals surface area contributed by atoms with Crippen molar-refractivity contribution in [3.8, 4) is 18.1 Å². The van der Waals surface area contributed by atoms with Crippen LogP contribution in [0.5, 0.6) is 5.75 Å². The number of rotatable bonds is 5. The molecule has 0 aliphatic rings. The number of carbonyl (C=O) groups is 1. The van der Waals surface area contributed by atoms with Gasteiger partial charge < -0.3 is 10.1 Å². The molecule has 0 atom stereocenters. The van der Waals surface area contributed by atoms with Gasteiger partial charge in [0.05, 0.1) is 6.54 Å². The van der Waals surface area contributed by atoms with E-state index in [-0.39, 0.29) is 25.0 Å². The summed E-state index contributed by atoms with van der Waals surface area (Å²) in [5.41, 5.74) is 1.91. The van der Waals surface area contributed by atoms with Crippen LogP contribution in [-0.2, 0) is 4.79 Å². The Labute approximate surface area is 119 Å². The molecule has 1 aromatic carbocycles. The van der Waals surface area contributed by atoms with Crippen LogP contribution in [-0.4, -0.2) is 19.1 Å². The zero-order valence-corrected chi connectivity index (χ0v) is 12.2. The van der Waals surface area contributed by atoms with Crippen LogP contribution in [0, 0.1) is 19.3 Å². The van der Waals surface area contributed by atoms with Gasteiger partial charge in [0.2, 0.25) is 0 Å². The third kappa shape index (κ3) is 4.50. The Morgan fingerprint density at radius 1 is 1.53 bits per heavy atom. The molecule has 0 unspecified atom stereocenters. The Morgan fingerprint density at radius 2 is 2.21 bits per heavy atom. The Morgan fingerprint density at radius 3 is 2.79 bits per heavy atom. The molecule has 0 saturated carbocycles. The van der Waals surface area contributed by atoms with Crippen molar-refractivity contribution in [2.24, 2.45) is 0 Å². The molecule has 0 aliphatic heterocycles. The minimum Gasteiger partial charge on any atom is -0.483 e. The number of halogens is 1. The molecule has 102 valence electrons. The van der Waals surface area contributed by atoms with Crippen molar-refractivity contribution in [2.75, 3.05) is 13.2 Å². The number of terminal acetylenes is 1. The normalized spacial score (nSPS) is 10.1. The van der Waals surface area contributed by atoms with Gasteiger partial charge in [-0.15, -0.1) is 6.42 Å². The number of hydrogen-bond donors (Lipinski definition) is 1. The van der Waals surface area contributed by atoms with Gasteiger partial charge in [-0.2, -0.15) is 0 Å².